The Morgan fingerprint density at radius 1 is 0.857 bits per heavy atom. The summed E-state index contributed by atoms with van der Waals surface area (Å²) in [5.74, 6) is 1.82. The van der Waals surface area contributed by atoms with Crippen molar-refractivity contribution in [3.05, 3.63) is 23.0 Å². The molecule has 1 N–H and O–H groups in total. The normalized spacial score (nSPS) is 12.1. The first-order valence-corrected chi connectivity index (χ1v) is 5.66. The fraction of sp³-hybridized carbons (Fsp3) is 0.692. The molecule has 1 heteroatoms. The molecule has 1 heterocycles. The third-order valence-electron chi connectivity index (χ3n) is 2.72. The van der Waals surface area contributed by atoms with Crippen LogP contribution in [-0.4, -0.2) is 4.98 Å². The Balaban J connectivity index is 3.12. The molecule has 0 fully saturated rings. The van der Waals surface area contributed by atoms with Crippen LogP contribution in [0.2, 0.25) is 0 Å². The number of rotatable bonds is 3. The van der Waals surface area contributed by atoms with Gasteiger partial charge in [0.25, 0.3) is 0 Å². The maximum atomic E-state index is 3.56. The third-order valence-corrected chi connectivity index (χ3v) is 2.72. The van der Waals surface area contributed by atoms with E-state index in [0.717, 1.165) is 0 Å². The zero-order valence-corrected chi connectivity index (χ0v) is 10.3. The van der Waals surface area contributed by atoms with Crippen LogP contribution in [0.3, 0.4) is 0 Å². The molecule has 0 aliphatic heterocycles. The summed E-state index contributed by atoms with van der Waals surface area (Å²) < 4.78 is 0. The summed E-state index contributed by atoms with van der Waals surface area (Å²) in [6.45, 7) is 13.5. The Morgan fingerprint density at radius 3 is 1.71 bits per heavy atom. The van der Waals surface area contributed by atoms with E-state index in [-0.39, 0.29) is 0 Å². The molecule has 0 atom stereocenters. The Labute approximate surface area is 87.9 Å². The molecule has 0 aliphatic rings. The first-order valence-electron chi connectivity index (χ1n) is 5.66. The molecule has 0 aromatic carbocycles. The molecule has 0 amide bonds. The molecule has 0 saturated heterocycles. The van der Waals surface area contributed by atoms with E-state index >= 15 is 0 Å². The second-order valence-corrected chi connectivity index (χ2v) is 5.06. The van der Waals surface area contributed by atoms with E-state index < -0.39 is 0 Å². The Hall–Kier alpha value is -0.720. The van der Waals surface area contributed by atoms with Crippen molar-refractivity contribution < 1.29 is 0 Å². The zero-order chi connectivity index (χ0) is 10.9. The summed E-state index contributed by atoms with van der Waals surface area (Å²) in [4.78, 5) is 3.56. The van der Waals surface area contributed by atoms with Crippen LogP contribution in [-0.2, 0) is 0 Å². The van der Waals surface area contributed by atoms with Crippen LogP contribution in [0.4, 0.5) is 0 Å². The number of hydrogen-bond donors (Lipinski definition) is 1. The zero-order valence-electron chi connectivity index (χ0n) is 10.3. The van der Waals surface area contributed by atoms with E-state index in [1.807, 2.05) is 0 Å². The molecule has 0 spiro atoms. The summed E-state index contributed by atoms with van der Waals surface area (Å²) in [7, 11) is 0. The maximum Gasteiger partial charge on any atom is 0.0210 e. The Bertz CT molecular complexity index is 267. The molecule has 0 radical (unpaired) electrons. The number of nitrogens with one attached hydrogen (secondary N) is 1. The predicted octanol–water partition coefficient (Wildman–Crippen LogP) is 4.38. The minimum atomic E-state index is 0.597. The number of hydrogen-bond acceptors (Lipinski definition) is 0. The highest BCUT2D eigenvalue weighted by atomic mass is 14.7. The Kier molecular flexibility index (Phi) is 3.41. The maximum absolute atomic E-state index is 3.56. The lowest BCUT2D eigenvalue weighted by Crippen LogP contribution is -1.95. The van der Waals surface area contributed by atoms with Gasteiger partial charge in [0.15, 0.2) is 0 Å². The van der Waals surface area contributed by atoms with Crippen LogP contribution in [0.25, 0.3) is 0 Å². The van der Waals surface area contributed by atoms with Crippen molar-refractivity contribution in [1.82, 2.24) is 4.98 Å². The molecule has 14 heavy (non-hydrogen) atoms. The van der Waals surface area contributed by atoms with Gasteiger partial charge in [-0.2, -0.15) is 0 Å². The molecule has 1 aromatic heterocycles. The smallest absolute Gasteiger partial charge is 0.0210 e. The highest BCUT2D eigenvalue weighted by Crippen LogP contribution is 2.29. The van der Waals surface area contributed by atoms with Gasteiger partial charge in [0.2, 0.25) is 0 Å². The molecule has 1 nitrogen and oxygen atoms in total. The van der Waals surface area contributed by atoms with E-state index in [4.69, 9.17) is 0 Å². The first-order chi connectivity index (χ1) is 6.43. The standard InChI is InChI=1S/C13H23N/c1-8(2)11-7-12(9(3)4)14-13(11)10(5)6/h7-10,14H,1-6H3. The van der Waals surface area contributed by atoms with Crippen molar-refractivity contribution in [2.45, 2.75) is 59.3 Å². The van der Waals surface area contributed by atoms with Crippen molar-refractivity contribution >= 4 is 0 Å². The van der Waals surface area contributed by atoms with Crippen molar-refractivity contribution in [2.24, 2.45) is 0 Å². The highest BCUT2D eigenvalue weighted by Gasteiger charge is 2.14. The average Bonchev–Trinajstić information content (AvgIpc) is 2.47. The largest absolute Gasteiger partial charge is 0.362 e. The molecule has 0 unspecified atom stereocenters. The fourth-order valence-electron chi connectivity index (χ4n) is 1.78. The van der Waals surface area contributed by atoms with Crippen molar-refractivity contribution in [3.63, 3.8) is 0 Å². The van der Waals surface area contributed by atoms with E-state index in [0.29, 0.717) is 17.8 Å². The van der Waals surface area contributed by atoms with Crippen LogP contribution in [0.5, 0.6) is 0 Å². The lowest BCUT2D eigenvalue weighted by molar-refractivity contribution is 0.762. The highest BCUT2D eigenvalue weighted by molar-refractivity contribution is 5.32. The molecule has 1 rings (SSSR count). The lowest BCUT2D eigenvalue weighted by atomic mass is 9.97. The van der Waals surface area contributed by atoms with Gasteiger partial charge in [-0.3, -0.25) is 0 Å². The predicted molar refractivity (Wildman–Crippen MR) is 63.1 cm³/mol. The van der Waals surface area contributed by atoms with Crippen LogP contribution >= 0.6 is 0 Å². The van der Waals surface area contributed by atoms with Crippen LogP contribution in [0, 0.1) is 0 Å². The second-order valence-electron chi connectivity index (χ2n) is 5.06. The van der Waals surface area contributed by atoms with Gasteiger partial charge in [-0.25, -0.2) is 0 Å². The van der Waals surface area contributed by atoms with E-state index in [2.05, 4.69) is 52.6 Å². The number of H-pyrrole nitrogens is 1. The quantitative estimate of drug-likeness (QED) is 0.733. The third kappa shape index (κ3) is 2.20. The van der Waals surface area contributed by atoms with Crippen molar-refractivity contribution in [3.8, 4) is 0 Å². The molecule has 0 saturated carbocycles. The summed E-state index contributed by atoms with van der Waals surface area (Å²) in [5.41, 5.74) is 4.28. The molecule has 0 aliphatic carbocycles. The summed E-state index contributed by atoms with van der Waals surface area (Å²) >= 11 is 0. The van der Waals surface area contributed by atoms with Crippen LogP contribution < -0.4 is 0 Å². The molecule has 1 aromatic rings. The van der Waals surface area contributed by atoms with Gasteiger partial charge >= 0.3 is 0 Å². The van der Waals surface area contributed by atoms with E-state index in [9.17, 15) is 0 Å². The van der Waals surface area contributed by atoms with Gasteiger partial charge in [-0.05, 0) is 29.4 Å². The summed E-state index contributed by atoms with van der Waals surface area (Å²) in [5, 5.41) is 0. The lowest BCUT2D eigenvalue weighted by Gasteiger charge is -2.09. The molecular formula is C13H23N. The van der Waals surface area contributed by atoms with Gasteiger partial charge in [0, 0.05) is 11.4 Å². The minimum absolute atomic E-state index is 0.597. The van der Waals surface area contributed by atoms with Crippen LogP contribution in [0.1, 0.15) is 76.2 Å². The second kappa shape index (κ2) is 4.20. The van der Waals surface area contributed by atoms with Crippen molar-refractivity contribution in [1.29, 1.82) is 0 Å². The van der Waals surface area contributed by atoms with Gasteiger partial charge in [-0.1, -0.05) is 41.5 Å². The van der Waals surface area contributed by atoms with Gasteiger partial charge < -0.3 is 4.98 Å². The topological polar surface area (TPSA) is 15.8 Å². The van der Waals surface area contributed by atoms with Gasteiger partial charge in [0.1, 0.15) is 0 Å². The SMILES string of the molecule is CC(C)c1cc(C(C)C)c(C(C)C)[nH]1. The van der Waals surface area contributed by atoms with Gasteiger partial charge in [-0.15, -0.1) is 0 Å². The minimum Gasteiger partial charge on any atom is -0.362 e. The van der Waals surface area contributed by atoms with Gasteiger partial charge in [0.05, 0.1) is 0 Å². The van der Waals surface area contributed by atoms with Crippen molar-refractivity contribution in [2.75, 3.05) is 0 Å². The van der Waals surface area contributed by atoms with E-state index in [1.165, 1.54) is 17.0 Å². The summed E-state index contributed by atoms with van der Waals surface area (Å²) in [6, 6.07) is 2.34. The van der Waals surface area contributed by atoms with E-state index in [1.54, 1.807) is 0 Å². The Morgan fingerprint density at radius 2 is 1.43 bits per heavy atom. The van der Waals surface area contributed by atoms with Crippen LogP contribution in [0.15, 0.2) is 6.07 Å². The average molecular weight is 193 g/mol. The molecule has 80 valence electrons. The first kappa shape index (κ1) is 11.4. The number of aromatic amines is 1. The summed E-state index contributed by atoms with van der Waals surface area (Å²) in [6.07, 6.45) is 0. The molecular weight excluding hydrogens is 170 g/mol. The monoisotopic (exact) mass is 193 g/mol. The fourth-order valence-corrected chi connectivity index (χ4v) is 1.78. The number of aromatic nitrogens is 1. The molecule has 0 bridgehead atoms.